The van der Waals surface area contributed by atoms with Crippen molar-refractivity contribution in [1.29, 1.82) is 0 Å². The molecule has 0 unspecified atom stereocenters. The minimum Gasteiger partial charge on any atom is -0.463 e. The maximum atomic E-state index is 13.5. The molecule has 142 valence electrons. The van der Waals surface area contributed by atoms with E-state index in [4.69, 9.17) is 4.42 Å². The van der Waals surface area contributed by atoms with Crippen LogP contribution in [0, 0.1) is 12.7 Å². The second kappa shape index (κ2) is 7.35. The Balaban J connectivity index is 1.67. The third-order valence-corrected chi connectivity index (χ3v) is 4.99. The molecule has 4 nitrogen and oxygen atoms in total. The summed E-state index contributed by atoms with van der Waals surface area (Å²) in [7, 11) is 1.72. The summed E-state index contributed by atoms with van der Waals surface area (Å²) in [5.74, 6) is -0.442. The van der Waals surface area contributed by atoms with Crippen LogP contribution < -0.4 is 0 Å². The summed E-state index contributed by atoms with van der Waals surface area (Å²) in [5.41, 5.74) is 5.16. The molecule has 0 aliphatic heterocycles. The molecule has 0 radical (unpaired) electrons. The standard InChI is InChI=1S/C23H21FN2O2/c1-16-6-3-4-8-18(16)15-26-20-10-11-28-22(20)13-21(26)23(27)25(2)14-17-7-5-9-19(24)12-17/h3-13H,14-15H2,1-2H3. The quantitative estimate of drug-likeness (QED) is 0.491. The van der Waals surface area contributed by atoms with Crippen molar-refractivity contribution in [2.24, 2.45) is 0 Å². The molecular formula is C23H21FN2O2. The number of aryl methyl sites for hydroxylation is 1. The van der Waals surface area contributed by atoms with Gasteiger partial charge in [0.05, 0.1) is 11.8 Å². The number of furan rings is 1. The van der Waals surface area contributed by atoms with Crippen LogP contribution in [0.15, 0.2) is 71.3 Å². The first-order valence-corrected chi connectivity index (χ1v) is 9.14. The van der Waals surface area contributed by atoms with Crippen LogP contribution in [0.1, 0.15) is 27.2 Å². The van der Waals surface area contributed by atoms with E-state index in [9.17, 15) is 9.18 Å². The molecule has 0 saturated heterocycles. The summed E-state index contributed by atoms with van der Waals surface area (Å²) in [4.78, 5) is 14.8. The minimum atomic E-state index is -0.307. The van der Waals surface area contributed by atoms with Crippen LogP contribution in [0.5, 0.6) is 0 Å². The first kappa shape index (κ1) is 18.0. The van der Waals surface area contributed by atoms with Gasteiger partial charge in [0.25, 0.3) is 5.91 Å². The summed E-state index contributed by atoms with van der Waals surface area (Å²) in [5, 5.41) is 0. The number of rotatable bonds is 5. The van der Waals surface area contributed by atoms with Crippen molar-refractivity contribution in [1.82, 2.24) is 9.47 Å². The number of carbonyl (C=O) groups is 1. The van der Waals surface area contributed by atoms with Crippen molar-refractivity contribution >= 4 is 17.0 Å². The maximum Gasteiger partial charge on any atom is 0.270 e. The molecule has 0 aliphatic rings. The maximum absolute atomic E-state index is 13.5. The third-order valence-electron chi connectivity index (χ3n) is 4.99. The fourth-order valence-corrected chi connectivity index (χ4v) is 3.46. The molecule has 1 amide bonds. The lowest BCUT2D eigenvalue weighted by Gasteiger charge is -2.19. The van der Waals surface area contributed by atoms with E-state index in [0.717, 1.165) is 16.6 Å². The SMILES string of the molecule is Cc1ccccc1Cn1c(C(=O)N(C)Cc2cccc(F)c2)cc2occc21. The monoisotopic (exact) mass is 376 g/mol. The second-order valence-electron chi connectivity index (χ2n) is 7.00. The fourth-order valence-electron chi connectivity index (χ4n) is 3.46. The van der Waals surface area contributed by atoms with Crippen LogP contribution in [-0.2, 0) is 13.1 Å². The van der Waals surface area contributed by atoms with Gasteiger partial charge in [0.2, 0.25) is 0 Å². The van der Waals surface area contributed by atoms with E-state index < -0.39 is 0 Å². The normalized spacial score (nSPS) is 11.1. The van der Waals surface area contributed by atoms with E-state index in [-0.39, 0.29) is 11.7 Å². The molecule has 0 fully saturated rings. The Hall–Kier alpha value is -3.34. The second-order valence-corrected chi connectivity index (χ2v) is 7.00. The van der Waals surface area contributed by atoms with E-state index in [0.29, 0.717) is 24.4 Å². The molecule has 2 aromatic carbocycles. The van der Waals surface area contributed by atoms with Crippen LogP contribution in [0.25, 0.3) is 11.1 Å². The molecule has 0 saturated carbocycles. The van der Waals surface area contributed by atoms with Crippen LogP contribution in [0.2, 0.25) is 0 Å². The highest BCUT2D eigenvalue weighted by Crippen LogP contribution is 2.24. The zero-order valence-corrected chi connectivity index (χ0v) is 15.9. The van der Waals surface area contributed by atoms with Gasteiger partial charge in [-0.25, -0.2) is 4.39 Å². The van der Waals surface area contributed by atoms with Crippen LogP contribution in [0.4, 0.5) is 4.39 Å². The van der Waals surface area contributed by atoms with Crippen LogP contribution >= 0.6 is 0 Å². The Bertz CT molecular complexity index is 1140. The predicted octanol–water partition coefficient (Wildman–Crippen LogP) is 5.00. The Morgan fingerprint density at radius 1 is 1.11 bits per heavy atom. The lowest BCUT2D eigenvalue weighted by molar-refractivity contribution is 0.0775. The van der Waals surface area contributed by atoms with Gasteiger partial charge in [-0.1, -0.05) is 36.4 Å². The van der Waals surface area contributed by atoms with Gasteiger partial charge in [-0.15, -0.1) is 0 Å². The average Bonchev–Trinajstić information content (AvgIpc) is 3.25. The van der Waals surface area contributed by atoms with Crippen molar-refractivity contribution in [3.8, 4) is 0 Å². The summed E-state index contributed by atoms with van der Waals surface area (Å²) in [6, 6.07) is 18.1. The first-order valence-electron chi connectivity index (χ1n) is 9.14. The number of benzene rings is 2. The number of nitrogens with zero attached hydrogens (tertiary/aromatic N) is 2. The first-order chi connectivity index (χ1) is 13.5. The van der Waals surface area contributed by atoms with Crippen LogP contribution in [-0.4, -0.2) is 22.4 Å². The van der Waals surface area contributed by atoms with Crippen molar-refractivity contribution in [3.05, 3.63) is 95.1 Å². The van der Waals surface area contributed by atoms with E-state index in [1.54, 1.807) is 30.3 Å². The van der Waals surface area contributed by atoms with Crippen LogP contribution in [0.3, 0.4) is 0 Å². The molecule has 0 spiro atoms. The highest BCUT2D eigenvalue weighted by atomic mass is 19.1. The molecule has 0 aliphatic carbocycles. The van der Waals surface area contributed by atoms with E-state index in [1.165, 1.54) is 17.7 Å². The summed E-state index contributed by atoms with van der Waals surface area (Å²) < 4.78 is 21.0. The third kappa shape index (κ3) is 3.43. The van der Waals surface area contributed by atoms with Crippen molar-refractivity contribution in [3.63, 3.8) is 0 Å². The number of carbonyl (C=O) groups excluding carboxylic acids is 1. The number of amides is 1. The highest BCUT2D eigenvalue weighted by Gasteiger charge is 2.21. The number of fused-ring (bicyclic) bond motifs is 1. The Morgan fingerprint density at radius 2 is 1.93 bits per heavy atom. The van der Waals surface area contributed by atoms with Gasteiger partial charge in [0.1, 0.15) is 11.5 Å². The number of aromatic nitrogens is 1. The van der Waals surface area contributed by atoms with Crippen molar-refractivity contribution in [2.45, 2.75) is 20.0 Å². The molecule has 4 rings (SSSR count). The van der Waals surface area contributed by atoms with Gasteiger partial charge in [-0.3, -0.25) is 4.79 Å². The van der Waals surface area contributed by atoms with Crippen molar-refractivity contribution in [2.75, 3.05) is 7.05 Å². The molecule has 28 heavy (non-hydrogen) atoms. The Labute approximate surface area is 162 Å². The topological polar surface area (TPSA) is 38.4 Å². The lowest BCUT2D eigenvalue weighted by atomic mass is 10.1. The fraction of sp³-hybridized carbons (Fsp3) is 0.174. The number of halogens is 1. The molecule has 0 bridgehead atoms. The zero-order valence-electron chi connectivity index (χ0n) is 15.9. The molecule has 0 N–H and O–H groups in total. The van der Waals surface area contributed by atoms with Gasteiger partial charge < -0.3 is 13.9 Å². The molecule has 4 aromatic rings. The average molecular weight is 376 g/mol. The smallest absolute Gasteiger partial charge is 0.270 e. The molecule has 2 aromatic heterocycles. The molecule has 2 heterocycles. The Kier molecular flexibility index (Phi) is 4.74. The highest BCUT2D eigenvalue weighted by molar-refractivity contribution is 5.97. The van der Waals surface area contributed by atoms with Crippen molar-refractivity contribution < 1.29 is 13.6 Å². The summed E-state index contributed by atoms with van der Waals surface area (Å²) >= 11 is 0. The molecular weight excluding hydrogens is 355 g/mol. The van der Waals surface area contributed by atoms with Gasteiger partial charge in [0, 0.05) is 32.3 Å². The molecule has 5 heteroatoms. The van der Waals surface area contributed by atoms with Gasteiger partial charge in [0.15, 0.2) is 5.58 Å². The van der Waals surface area contributed by atoms with E-state index >= 15 is 0 Å². The van der Waals surface area contributed by atoms with Gasteiger partial charge in [-0.2, -0.15) is 0 Å². The number of hydrogen-bond acceptors (Lipinski definition) is 2. The number of hydrogen-bond donors (Lipinski definition) is 0. The Morgan fingerprint density at radius 3 is 2.71 bits per heavy atom. The predicted molar refractivity (Wildman–Crippen MR) is 107 cm³/mol. The van der Waals surface area contributed by atoms with E-state index in [2.05, 4.69) is 19.1 Å². The zero-order chi connectivity index (χ0) is 19.7. The van der Waals surface area contributed by atoms with E-state index in [1.807, 2.05) is 28.8 Å². The summed E-state index contributed by atoms with van der Waals surface area (Å²) in [6.45, 7) is 2.96. The molecule has 0 atom stereocenters. The lowest BCUT2D eigenvalue weighted by Crippen LogP contribution is -2.28. The van der Waals surface area contributed by atoms with Gasteiger partial charge in [-0.05, 0) is 35.7 Å². The minimum absolute atomic E-state index is 0.135. The van der Waals surface area contributed by atoms with Gasteiger partial charge >= 0.3 is 0 Å². The summed E-state index contributed by atoms with van der Waals surface area (Å²) in [6.07, 6.45) is 1.63. The largest absolute Gasteiger partial charge is 0.463 e.